The number of hydrogen-bond acceptors (Lipinski definition) is 4. The highest BCUT2D eigenvalue weighted by Crippen LogP contribution is 2.14. The largest absolute Gasteiger partial charge is 0.465 e. The number of aromatic nitrogens is 1. The van der Waals surface area contributed by atoms with Crippen molar-refractivity contribution < 1.29 is 23.4 Å². The van der Waals surface area contributed by atoms with Crippen LogP contribution in [0, 0.1) is 0 Å². The average molecular weight is 310 g/mol. The molecule has 1 aromatic heterocycles. The van der Waals surface area contributed by atoms with Gasteiger partial charge in [0.15, 0.2) is 0 Å². The van der Waals surface area contributed by atoms with Crippen LogP contribution in [0.2, 0.25) is 5.15 Å². The highest BCUT2D eigenvalue weighted by atomic mass is 35.5. The van der Waals surface area contributed by atoms with Crippen molar-refractivity contribution in [2.75, 3.05) is 26.2 Å². The number of carboxylic acid groups (broad SMARTS) is 1. The molecule has 1 saturated heterocycles. The summed E-state index contributed by atoms with van der Waals surface area (Å²) >= 11 is 5.39. The van der Waals surface area contributed by atoms with Gasteiger partial charge in [0.25, 0.3) is 0 Å². The van der Waals surface area contributed by atoms with E-state index in [-0.39, 0.29) is 10.9 Å². The molecule has 9 heteroatoms. The molecule has 0 aromatic carbocycles. The standard InChI is InChI=1S/C6H4ClF2NO.C5H10N2O2/c7-5-2-1-4(3-10-5)11-6(8)9;8-5(9)7-3-1-6-2-4-7/h1-3,6H;6H,1-4H2,(H,8,9). The number of amides is 1. The fourth-order valence-electron chi connectivity index (χ4n) is 1.39. The maximum absolute atomic E-state index is 11.5. The first-order chi connectivity index (χ1) is 9.49. The Kier molecular flexibility index (Phi) is 6.96. The summed E-state index contributed by atoms with van der Waals surface area (Å²) in [6, 6.07) is 2.70. The van der Waals surface area contributed by atoms with Crippen molar-refractivity contribution in [2.24, 2.45) is 0 Å². The molecule has 0 spiro atoms. The molecule has 1 aliphatic rings. The van der Waals surface area contributed by atoms with E-state index >= 15 is 0 Å². The second kappa shape index (κ2) is 8.49. The molecular weight excluding hydrogens is 296 g/mol. The highest BCUT2D eigenvalue weighted by Gasteiger charge is 2.13. The predicted molar refractivity (Wildman–Crippen MR) is 68.3 cm³/mol. The van der Waals surface area contributed by atoms with Crippen LogP contribution in [0.25, 0.3) is 0 Å². The summed E-state index contributed by atoms with van der Waals surface area (Å²) in [6.45, 7) is -0.0125. The number of ether oxygens (including phenoxy) is 1. The van der Waals surface area contributed by atoms with Gasteiger partial charge in [0, 0.05) is 26.2 Å². The summed E-state index contributed by atoms with van der Waals surface area (Å²) in [7, 11) is 0. The van der Waals surface area contributed by atoms with Crippen LogP contribution in [-0.2, 0) is 0 Å². The van der Waals surface area contributed by atoms with E-state index in [1.165, 1.54) is 17.0 Å². The molecule has 1 amide bonds. The van der Waals surface area contributed by atoms with Gasteiger partial charge in [0.05, 0.1) is 6.20 Å². The summed E-state index contributed by atoms with van der Waals surface area (Å²) in [4.78, 5) is 15.2. The van der Waals surface area contributed by atoms with Crippen LogP contribution in [0.15, 0.2) is 18.3 Å². The van der Waals surface area contributed by atoms with Gasteiger partial charge >= 0.3 is 12.7 Å². The molecule has 2 N–H and O–H groups in total. The molecule has 6 nitrogen and oxygen atoms in total. The zero-order valence-electron chi connectivity index (χ0n) is 10.4. The zero-order chi connectivity index (χ0) is 15.0. The molecule has 20 heavy (non-hydrogen) atoms. The lowest BCUT2D eigenvalue weighted by molar-refractivity contribution is -0.0500. The highest BCUT2D eigenvalue weighted by molar-refractivity contribution is 6.29. The van der Waals surface area contributed by atoms with Crippen LogP contribution >= 0.6 is 11.6 Å². The Bertz CT molecular complexity index is 414. The number of hydrogen-bond donors (Lipinski definition) is 2. The van der Waals surface area contributed by atoms with E-state index in [0.717, 1.165) is 19.3 Å². The van der Waals surface area contributed by atoms with E-state index < -0.39 is 12.7 Å². The predicted octanol–water partition coefficient (Wildman–Crippen LogP) is 1.91. The minimum atomic E-state index is -2.82. The molecule has 1 aliphatic heterocycles. The molecule has 0 radical (unpaired) electrons. The maximum atomic E-state index is 11.5. The van der Waals surface area contributed by atoms with Gasteiger partial charge < -0.3 is 20.1 Å². The fraction of sp³-hybridized carbons (Fsp3) is 0.455. The lowest BCUT2D eigenvalue weighted by Gasteiger charge is -2.23. The topological polar surface area (TPSA) is 74.7 Å². The molecule has 0 bridgehead atoms. The monoisotopic (exact) mass is 309 g/mol. The summed E-state index contributed by atoms with van der Waals surface area (Å²) in [5.74, 6) is 0.00407. The molecule has 0 unspecified atom stereocenters. The van der Waals surface area contributed by atoms with E-state index in [1.54, 1.807) is 0 Å². The third-order valence-electron chi connectivity index (χ3n) is 2.31. The van der Waals surface area contributed by atoms with Crippen LogP contribution in [0.5, 0.6) is 5.75 Å². The van der Waals surface area contributed by atoms with Crippen molar-refractivity contribution in [3.8, 4) is 5.75 Å². The van der Waals surface area contributed by atoms with Crippen LogP contribution in [0.4, 0.5) is 13.6 Å². The van der Waals surface area contributed by atoms with E-state index in [1.807, 2.05) is 0 Å². The number of alkyl halides is 2. The molecule has 112 valence electrons. The van der Waals surface area contributed by atoms with Crippen molar-refractivity contribution in [1.29, 1.82) is 0 Å². The minimum Gasteiger partial charge on any atom is -0.465 e. The van der Waals surface area contributed by atoms with Gasteiger partial charge in [0.2, 0.25) is 0 Å². The van der Waals surface area contributed by atoms with Gasteiger partial charge in [0.1, 0.15) is 10.9 Å². The first-order valence-electron chi connectivity index (χ1n) is 5.74. The second-order valence-corrected chi connectivity index (χ2v) is 4.10. The third-order valence-corrected chi connectivity index (χ3v) is 2.54. The van der Waals surface area contributed by atoms with Gasteiger partial charge in [-0.15, -0.1) is 0 Å². The van der Waals surface area contributed by atoms with Gasteiger partial charge in [-0.05, 0) is 12.1 Å². The molecule has 0 aliphatic carbocycles. The first kappa shape index (κ1) is 16.4. The number of nitrogens with zero attached hydrogens (tertiary/aromatic N) is 2. The zero-order valence-corrected chi connectivity index (χ0v) is 11.2. The Hall–Kier alpha value is -1.67. The smallest absolute Gasteiger partial charge is 0.407 e. The molecule has 1 aromatic rings. The summed E-state index contributed by atoms with van der Waals surface area (Å²) in [5.41, 5.74) is 0. The van der Waals surface area contributed by atoms with Gasteiger partial charge in [-0.25, -0.2) is 9.78 Å². The number of rotatable bonds is 2. The molecular formula is C11H14ClF2N3O3. The van der Waals surface area contributed by atoms with E-state index in [4.69, 9.17) is 16.7 Å². The molecule has 0 saturated carbocycles. The number of pyridine rings is 1. The number of halogens is 3. The van der Waals surface area contributed by atoms with Crippen molar-refractivity contribution in [3.05, 3.63) is 23.5 Å². The maximum Gasteiger partial charge on any atom is 0.407 e. The van der Waals surface area contributed by atoms with Crippen molar-refractivity contribution in [2.45, 2.75) is 6.61 Å². The lowest BCUT2D eigenvalue weighted by Crippen LogP contribution is -2.45. The molecule has 0 atom stereocenters. The first-order valence-corrected chi connectivity index (χ1v) is 6.12. The summed E-state index contributed by atoms with van der Waals surface area (Å²) in [6.07, 6.45) is 0.325. The van der Waals surface area contributed by atoms with E-state index in [9.17, 15) is 13.6 Å². The fourth-order valence-corrected chi connectivity index (χ4v) is 1.50. The molecule has 2 heterocycles. The van der Waals surface area contributed by atoms with Gasteiger partial charge in [-0.2, -0.15) is 8.78 Å². The summed E-state index contributed by atoms with van der Waals surface area (Å²) < 4.78 is 27.1. The molecule has 1 fully saturated rings. The number of nitrogens with one attached hydrogen (secondary N) is 1. The number of carbonyl (C=O) groups is 1. The Morgan fingerprint density at radius 3 is 2.50 bits per heavy atom. The molecule has 2 rings (SSSR count). The normalized spacial score (nSPS) is 14.5. The Morgan fingerprint density at radius 2 is 2.10 bits per heavy atom. The van der Waals surface area contributed by atoms with Crippen LogP contribution in [0.1, 0.15) is 0 Å². The Labute approximate surface area is 119 Å². The SMILES string of the molecule is FC(F)Oc1ccc(Cl)nc1.O=C(O)N1CCNCC1. The average Bonchev–Trinajstić information content (AvgIpc) is 2.43. The van der Waals surface area contributed by atoms with Gasteiger partial charge in [-0.3, -0.25) is 0 Å². The second-order valence-electron chi connectivity index (χ2n) is 3.71. The van der Waals surface area contributed by atoms with Crippen molar-refractivity contribution >= 4 is 17.7 Å². The van der Waals surface area contributed by atoms with Crippen molar-refractivity contribution in [1.82, 2.24) is 15.2 Å². The van der Waals surface area contributed by atoms with Crippen LogP contribution in [0.3, 0.4) is 0 Å². The van der Waals surface area contributed by atoms with Gasteiger partial charge in [-0.1, -0.05) is 11.6 Å². The van der Waals surface area contributed by atoms with Crippen LogP contribution in [-0.4, -0.2) is 53.9 Å². The summed E-state index contributed by atoms with van der Waals surface area (Å²) in [5, 5.41) is 11.7. The van der Waals surface area contributed by atoms with E-state index in [2.05, 4.69) is 15.0 Å². The lowest BCUT2D eigenvalue weighted by atomic mass is 10.4. The van der Waals surface area contributed by atoms with Crippen LogP contribution < -0.4 is 10.1 Å². The Balaban J connectivity index is 0.000000204. The number of piperazine rings is 1. The quantitative estimate of drug-likeness (QED) is 0.816. The Morgan fingerprint density at radius 1 is 1.45 bits per heavy atom. The van der Waals surface area contributed by atoms with E-state index in [0.29, 0.717) is 13.1 Å². The third kappa shape index (κ3) is 6.48. The van der Waals surface area contributed by atoms with Crippen molar-refractivity contribution in [3.63, 3.8) is 0 Å². The minimum absolute atomic E-state index is 0.00407.